The molecule has 2 amide bonds. The number of benzene rings is 1. The van der Waals surface area contributed by atoms with Crippen molar-refractivity contribution in [2.24, 2.45) is 0 Å². The Morgan fingerprint density at radius 2 is 2.00 bits per heavy atom. The van der Waals surface area contributed by atoms with Crippen molar-refractivity contribution >= 4 is 11.8 Å². The van der Waals surface area contributed by atoms with Crippen LogP contribution in [0.25, 0.3) is 0 Å². The summed E-state index contributed by atoms with van der Waals surface area (Å²) in [6, 6.07) is 6.88. The van der Waals surface area contributed by atoms with Crippen LogP contribution >= 0.6 is 0 Å². The van der Waals surface area contributed by atoms with Gasteiger partial charge < -0.3 is 19.7 Å². The molecule has 0 aromatic heterocycles. The topological polar surface area (TPSA) is 67.9 Å². The Morgan fingerprint density at radius 3 is 2.71 bits per heavy atom. The molecule has 1 unspecified atom stereocenters. The van der Waals surface area contributed by atoms with Gasteiger partial charge in [0.05, 0.1) is 13.7 Å². The van der Waals surface area contributed by atoms with Crippen molar-refractivity contribution in [3.8, 4) is 11.5 Å². The molecule has 1 aliphatic rings. The summed E-state index contributed by atoms with van der Waals surface area (Å²) in [5.74, 6) is 1.13. The molecule has 21 heavy (non-hydrogen) atoms. The number of ether oxygens (including phenoxy) is 2. The normalized spacial score (nSPS) is 19.0. The Morgan fingerprint density at radius 1 is 1.29 bits per heavy atom. The van der Waals surface area contributed by atoms with Gasteiger partial charge in [-0.2, -0.15) is 0 Å². The Bertz CT molecular complexity index is 518. The van der Waals surface area contributed by atoms with Crippen LogP contribution in [0, 0.1) is 0 Å². The largest absolute Gasteiger partial charge is 0.493 e. The Labute approximate surface area is 124 Å². The Balaban J connectivity index is 1.90. The molecule has 1 fully saturated rings. The number of methoxy groups -OCH3 is 1. The third kappa shape index (κ3) is 3.87. The number of carbonyl (C=O) groups is 2. The minimum Gasteiger partial charge on any atom is -0.493 e. The molecule has 114 valence electrons. The lowest BCUT2D eigenvalue weighted by Crippen LogP contribution is -2.43. The third-order valence-corrected chi connectivity index (χ3v) is 3.36. The molecule has 0 bridgehead atoms. The predicted molar refractivity (Wildman–Crippen MR) is 77.3 cm³/mol. The number of nitrogens with zero attached hydrogens (tertiary/aromatic N) is 1. The second-order valence-corrected chi connectivity index (χ2v) is 4.86. The van der Waals surface area contributed by atoms with Crippen LogP contribution in [-0.4, -0.2) is 49.6 Å². The van der Waals surface area contributed by atoms with Crippen LogP contribution in [0.1, 0.15) is 13.3 Å². The van der Waals surface area contributed by atoms with Crippen LogP contribution in [0.2, 0.25) is 0 Å². The van der Waals surface area contributed by atoms with Gasteiger partial charge in [0.25, 0.3) is 0 Å². The summed E-state index contributed by atoms with van der Waals surface area (Å²) in [6.07, 6.45) is 0.324. The van der Waals surface area contributed by atoms with Crippen LogP contribution in [0.3, 0.4) is 0 Å². The summed E-state index contributed by atoms with van der Waals surface area (Å²) in [5, 5.41) is 2.66. The lowest BCUT2D eigenvalue weighted by Gasteiger charge is -2.22. The summed E-state index contributed by atoms with van der Waals surface area (Å²) < 4.78 is 10.9. The van der Waals surface area contributed by atoms with E-state index >= 15 is 0 Å². The molecule has 1 saturated heterocycles. The van der Waals surface area contributed by atoms with Gasteiger partial charge in [0.1, 0.15) is 12.6 Å². The van der Waals surface area contributed by atoms with E-state index in [1.54, 1.807) is 18.9 Å². The zero-order valence-electron chi connectivity index (χ0n) is 12.3. The molecule has 6 heteroatoms. The Kier molecular flexibility index (Phi) is 5.03. The maximum Gasteiger partial charge on any atom is 0.244 e. The zero-order valence-corrected chi connectivity index (χ0v) is 12.3. The van der Waals surface area contributed by atoms with E-state index in [2.05, 4.69) is 5.32 Å². The highest BCUT2D eigenvalue weighted by Crippen LogP contribution is 2.25. The minimum atomic E-state index is -0.480. The molecule has 0 spiro atoms. The first-order valence-corrected chi connectivity index (χ1v) is 6.96. The maximum absolute atomic E-state index is 12.1. The molecule has 1 N–H and O–H groups in total. The highest BCUT2D eigenvalue weighted by molar-refractivity contribution is 5.89. The molecule has 1 aromatic carbocycles. The van der Waals surface area contributed by atoms with Gasteiger partial charge in [-0.1, -0.05) is 12.1 Å². The zero-order chi connectivity index (χ0) is 15.2. The van der Waals surface area contributed by atoms with Crippen molar-refractivity contribution in [2.75, 3.05) is 26.8 Å². The van der Waals surface area contributed by atoms with Gasteiger partial charge in [0, 0.05) is 13.0 Å². The van der Waals surface area contributed by atoms with Gasteiger partial charge in [-0.15, -0.1) is 0 Å². The number of amides is 2. The van der Waals surface area contributed by atoms with Gasteiger partial charge in [-0.05, 0) is 19.1 Å². The highest BCUT2D eigenvalue weighted by Gasteiger charge is 2.26. The smallest absolute Gasteiger partial charge is 0.244 e. The van der Waals surface area contributed by atoms with E-state index in [4.69, 9.17) is 9.47 Å². The highest BCUT2D eigenvalue weighted by atomic mass is 16.5. The fourth-order valence-electron chi connectivity index (χ4n) is 2.22. The number of rotatable bonds is 5. The molecule has 0 aliphatic carbocycles. The first kappa shape index (κ1) is 15.2. The van der Waals surface area contributed by atoms with Crippen LogP contribution in [-0.2, 0) is 9.59 Å². The van der Waals surface area contributed by atoms with E-state index in [0.717, 1.165) is 0 Å². The predicted octanol–water partition coefficient (Wildman–Crippen LogP) is 0.811. The third-order valence-electron chi connectivity index (χ3n) is 3.36. The number of para-hydroxylation sites is 2. The number of carbonyl (C=O) groups excluding carboxylic acids is 2. The molecular weight excluding hydrogens is 272 g/mol. The number of nitrogens with one attached hydrogen (secondary N) is 1. The van der Waals surface area contributed by atoms with Crippen LogP contribution in [0.15, 0.2) is 24.3 Å². The summed E-state index contributed by atoms with van der Waals surface area (Å²) in [5.41, 5.74) is 0. The van der Waals surface area contributed by atoms with Crippen molar-refractivity contribution in [1.29, 1.82) is 0 Å². The molecule has 1 aliphatic heterocycles. The second-order valence-electron chi connectivity index (χ2n) is 4.86. The van der Waals surface area contributed by atoms with Gasteiger partial charge in [0.2, 0.25) is 11.8 Å². The first-order valence-electron chi connectivity index (χ1n) is 6.96. The molecule has 0 saturated carbocycles. The van der Waals surface area contributed by atoms with Crippen molar-refractivity contribution < 1.29 is 19.1 Å². The van der Waals surface area contributed by atoms with Crippen molar-refractivity contribution in [1.82, 2.24) is 10.2 Å². The standard InChI is InChI=1S/C15H20N2O4/c1-11-15(19)17(8-7-14(18)16-11)9-10-21-13-6-4-3-5-12(13)20-2/h3-6,11H,7-10H2,1-2H3,(H,16,18). The number of hydrogen-bond acceptors (Lipinski definition) is 4. The summed E-state index contributed by atoms with van der Waals surface area (Å²) in [6.45, 7) is 2.91. The van der Waals surface area contributed by atoms with E-state index in [1.165, 1.54) is 0 Å². The van der Waals surface area contributed by atoms with E-state index in [0.29, 0.717) is 37.6 Å². The average molecular weight is 292 g/mol. The molecular formula is C15H20N2O4. The maximum atomic E-state index is 12.1. The van der Waals surface area contributed by atoms with E-state index < -0.39 is 6.04 Å². The van der Waals surface area contributed by atoms with Crippen LogP contribution in [0.4, 0.5) is 0 Å². The number of hydrogen-bond donors (Lipinski definition) is 1. The van der Waals surface area contributed by atoms with Crippen LogP contribution < -0.4 is 14.8 Å². The van der Waals surface area contributed by atoms with Crippen molar-refractivity contribution in [3.05, 3.63) is 24.3 Å². The van der Waals surface area contributed by atoms with E-state index in [-0.39, 0.29) is 11.8 Å². The average Bonchev–Trinajstić information content (AvgIpc) is 2.60. The molecule has 0 radical (unpaired) electrons. The lowest BCUT2D eigenvalue weighted by molar-refractivity contribution is -0.133. The molecule has 1 aromatic rings. The summed E-state index contributed by atoms with van der Waals surface area (Å²) >= 11 is 0. The first-order chi connectivity index (χ1) is 10.1. The SMILES string of the molecule is COc1ccccc1OCCN1CCC(=O)NC(C)C1=O. The molecule has 2 rings (SSSR count). The fourth-order valence-corrected chi connectivity index (χ4v) is 2.22. The van der Waals surface area contributed by atoms with E-state index in [9.17, 15) is 9.59 Å². The molecule has 6 nitrogen and oxygen atoms in total. The second kappa shape index (κ2) is 6.97. The lowest BCUT2D eigenvalue weighted by atomic mass is 10.3. The van der Waals surface area contributed by atoms with Gasteiger partial charge >= 0.3 is 0 Å². The van der Waals surface area contributed by atoms with E-state index in [1.807, 2.05) is 24.3 Å². The van der Waals surface area contributed by atoms with Crippen molar-refractivity contribution in [3.63, 3.8) is 0 Å². The quantitative estimate of drug-likeness (QED) is 0.872. The minimum absolute atomic E-state index is 0.0792. The van der Waals surface area contributed by atoms with Crippen molar-refractivity contribution in [2.45, 2.75) is 19.4 Å². The van der Waals surface area contributed by atoms with Gasteiger partial charge in [-0.3, -0.25) is 9.59 Å². The molecule has 1 heterocycles. The fraction of sp³-hybridized carbons (Fsp3) is 0.467. The monoisotopic (exact) mass is 292 g/mol. The summed E-state index contributed by atoms with van der Waals surface area (Å²) in [4.78, 5) is 25.2. The van der Waals surface area contributed by atoms with Gasteiger partial charge in [0.15, 0.2) is 11.5 Å². The van der Waals surface area contributed by atoms with Crippen LogP contribution in [0.5, 0.6) is 11.5 Å². The summed E-state index contributed by atoms with van der Waals surface area (Å²) in [7, 11) is 1.58. The van der Waals surface area contributed by atoms with Gasteiger partial charge in [-0.25, -0.2) is 0 Å². The Hall–Kier alpha value is -2.24. The molecule has 1 atom stereocenters.